The van der Waals surface area contributed by atoms with Crippen molar-refractivity contribution in [2.45, 2.75) is 53.8 Å². The third-order valence-electron chi connectivity index (χ3n) is 6.26. The molecule has 0 saturated carbocycles. The lowest BCUT2D eigenvalue weighted by Crippen LogP contribution is -2.13. The van der Waals surface area contributed by atoms with Gasteiger partial charge < -0.3 is 20.1 Å². The van der Waals surface area contributed by atoms with E-state index in [2.05, 4.69) is 10.6 Å². The van der Waals surface area contributed by atoms with Crippen LogP contribution < -0.4 is 20.1 Å². The Morgan fingerprint density at radius 2 is 0.900 bits per heavy atom. The molecule has 2 N–H and O–H groups in total. The summed E-state index contributed by atoms with van der Waals surface area (Å²) in [4.78, 5) is 25.6. The quantitative estimate of drug-likeness (QED) is 0.227. The molecule has 0 spiro atoms. The predicted molar refractivity (Wildman–Crippen MR) is 162 cm³/mol. The van der Waals surface area contributed by atoms with Crippen molar-refractivity contribution in [1.82, 2.24) is 0 Å². The molecule has 4 aromatic carbocycles. The fraction of sp³-hybridized carbons (Fsp3) is 0.235. The molecule has 0 saturated heterocycles. The number of nitrogens with one attached hydrogen (secondary N) is 2. The number of amides is 2. The number of rotatable bonds is 9. The molecule has 0 atom stereocenters. The Kier molecular flexibility index (Phi) is 8.90. The Morgan fingerprint density at radius 1 is 0.550 bits per heavy atom. The lowest BCUT2D eigenvalue weighted by atomic mass is 9.99. The second-order valence-corrected chi connectivity index (χ2v) is 10.3. The van der Waals surface area contributed by atoms with Crippen LogP contribution in [0.3, 0.4) is 0 Å². The summed E-state index contributed by atoms with van der Waals surface area (Å²) >= 11 is 0. The summed E-state index contributed by atoms with van der Waals surface area (Å²) in [7, 11) is 0. The second kappa shape index (κ2) is 12.5. The molecule has 6 nitrogen and oxygen atoms in total. The van der Waals surface area contributed by atoms with Gasteiger partial charge in [-0.15, -0.1) is 0 Å². The van der Waals surface area contributed by atoms with Crippen molar-refractivity contribution < 1.29 is 19.1 Å². The highest BCUT2D eigenvalue weighted by atomic mass is 16.5. The van der Waals surface area contributed by atoms with Crippen molar-refractivity contribution in [3.63, 3.8) is 0 Å². The molecule has 0 radical (unpaired) electrons. The number of carbonyl (C=O) groups excluding carboxylic acids is 2. The van der Waals surface area contributed by atoms with Crippen LogP contribution >= 0.6 is 0 Å². The molecule has 206 valence electrons. The van der Waals surface area contributed by atoms with Gasteiger partial charge in [0.15, 0.2) is 0 Å². The van der Waals surface area contributed by atoms with E-state index >= 15 is 0 Å². The molecule has 0 aliphatic heterocycles. The molecule has 0 aliphatic rings. The molecule has 0 unspecified atom stereocenters. The monoisotopic (exact) mass is 536 g/mol. The minimum atomic E-state index is -0.176. The standard InChI is InChI=1S/C34H36N2O4/c1-21(2)39-29-13-7-25(8-14-29)33(37)35-31-17-11-27(19-23(31)5)28-12-18-32(24(6)20-28)36-34(38)26-9-15-30(16-10-26)40-22(3)4/h7-22H,1-6H3,(H,35,37)(H,36,38). The van der Waals surface area contributed by atoms with Gasteiger partial charge in [-0.3, -0.25) is 9.59 Å². The van der Waals surface area contributed by atoms with E-state index in [0.717, 1.165) is 45.1 Å². The molecule has 0 bridgehead atoms. The summed E-state index contributed by atoms with van der Waals surface area (Å²) in [5, 5.41) is 6.00. The summed E-state index contributed by atoms with van der Waals surface area (Å²) in [5.41, 5.74) is 6.57. The summed E-state index contributed by atoms with van der Waals surface area (Å²) in [6.45, 7) is 11.8. The highest BCUT2D eigenvalue weighted by molar-refractivity contribution is 6.05. The van der Waals surface area contributed by atoms with Crippen molar-refractivity contribution in [2.24, 2.45) is 0 Å². The molecule has 0 heterocycles. The van der Waals surface area contributed by atoms with Crippen LogP contribution in [0.1, 0.15) is 59.5 Å². The van der Waals surface area contributed by atoms with Gasteiger partial charge in [0.25, 0.3) is 11.8 Å². The van der Waals surface area contributed by atoms with E-state index in [1.54, 1.807) is 48.5 Å². The summed E-state index contributed by atoms with van der Waals surface area (Å²) in [6.07, 6.45) is 0.154. The third-order valence-corrected chi connectivity index (χ3v) is 6.26. The maximum atomic E-state index is 12.8. The van der Waals surface area contributed by atoms with Crippen LogP contribution in [-0.2, 0) is 0 Å². The number of hydrogen-bond acceptors (Lipinski definition) is 4. The Balaban J connectivity index is 1.42. The maximum absolute atomic E-state index is 12.8. The number of anilines is 2. The average molecular weight is 537 g/mol. The Hall–Kier alpha value is -4.58. The molecule has 40 heavy (non-hydrogen) atoms. The van der Waals surface area contributed by atoms with Crippen LogP contribution in [0.25, 0.3) is 11.1 Å². The summed E-state index contributed by atoms with van der Waals surface area (Å²) < 4.78 is 11.3. The molecule has 6 heteroatoms. The van der Waals surface area contributed by atoms with E-state index in [4.69, 9.17) is 9.47 Å². The zero-order chi connectivity index (χ0) is 28.8. The lowest BCUT2D eigenvalue weighted by Gasteiger charge is -2.14. The van der Waals surface area contributed by atoms with Crippen molar-refractivity contribution >= 4 is 23.2 Å². The number of hydrogen-bond donors (Lipinski definition) is 2. The van der Waals surface area contributed by atoms with Crippen LogP contribution in [-0.4, -0.2) is 24.0 Å². The first-order valence-electron chi connectivity index (χ1n) is 13.5. The first-order valence-corrected chi connectivity index (χ1v) is 13.5. The fourth-order valence-electron chi connectivity index (χ4n) is 4.27. The van der Waals surface area contributed by atoms with Gasteiger partial charge in [0, 0.05) is 22.5 Å². The molecule has 2 amide bonds. The van der Waals surface area contributed by atoms with Gasteiger partial charge in [-0.05, 0) is 137 Å². The highest BCUT2D eigenvalue weighted by Gasteiger charge is 2.12. The molecule has 4 rings (SSSR count). The normalized spacial score (nSPS) is 10.9. The van der Waals surface area contributed by atoms with E-state index in [-0.39, 0.29) is 24.0 Å². The van der Waals surface area contributed by atoms with E-state index in [0.29, 0.717) is 11.1 Å². The Bertz CT molecular complexity index is 1370. The van der Waals surface area contributed by atoms with Gasteiger partial charge in [-0.2, -0.15) is 0 Å². The second-order valence-electron chi connectivity index (χ2n) is 10.3. The third kappa shape index (κ3) is 7.29. The van der Waals surface area contributed by atoms with Gasteiger partial charge in [0.1, 0.15) is 11.5 Å². The summed E-state index contributed by atoms with van der Waals surface area (Å²) in [6, 6.07) is 26.1. The SMILES string of the molecule is Cc1cc(-c2ccc(NC(=O)c3ccc(OC(C)C)cc3)c(C)c2)ccc1NC(=O)c1ccc(OC(C)C)cc1. The zero-order valence-corrected chi connectivity index (χ0v) is 23.9. The number of ether oxygens (including phenoxy) is 2. The van der Waals surface area contributed by atoms with Crippen molar-refractivity contribution in [3.8, 4) is 22.6 Å². The fourth-order valence-corrected chi connectivity index (χ4v) is 4.27. The largest absolute Gasteiger partial charge is 0.491 e. The smallest absolute Gasteiger partial charge is 0.255 e. The molecule has 0 fully saturated rings. The lowest BCUT2D eigenvalue weighted by molar-refractivity contribution is 0.101. The minimum Gasteiger partial charge on any atom is -0.491 e. The molecular weight excluding hydrogens is 500 g/mol. The van der Waals surface area contributed by atoms with E-state index < -0.39 is 0 Å². The summed E-state index contributed by atoms with van der Waals surface area (Å²) in [5.74, 6) is 1.12. The Labute approximate surface area is 236 Å². The van der Waals surface area contributed by atoms with Crippen molar-refractivity contribution in [3.05, 3.63) is 107 Å². The van der Waals surface area contributed by atoms with Crippen molar-refractivity contribution in [2.75, 3.05) is 10.6 Å². The zero-order valence-electron chi connectivity index (χ0n) is 23.9. The van der Waals surface area contributed by atoms with E-state index in [1.165, 1.54) is 0 Å². The number of benzene rings is 4. The minimum absolute atomic E-state index is 0.0768. The van der Waals surface area contributed by atoms with Gasteiger partial charge in [0.05, 0.1) is 12.2 Å². The molecule has 0 aromatic heterocycles. The number of carbonyl (C=O) groups is 2. The van der Waals surface area contributed by atoms with Crippen LogP contribution in [0.15, 0.2) is 84.9 Å². The van der Waals surface area contributed by atoms with Crippen LogP contribution in [0.5, 0.6) is 11.5 Å². The first kappa shape index (κ1) is 28.4. The predicted octanol–water partition coefficient (Wildman–Crippen LogP) is 8.05. The molecule has 4 aromatic rings. The topological polar surface area (TPSA) is 76.7 Å². The Morgan fingerprint density at radius 3 is 1.20 bits per heavy atom. The van der Waals surface area contributed by atoms with Gasteiger partial charge in [-0.25, -0.2) is 0 Å². The van der Waals surface area contributed by atoms with Crippen LogP contribution in [0.4, 0.5) is 11.4 Å². The first-order chi connectivity index (χ1) is 19.1. The molecular formula is C34H36N2O4. The van der Waals surface area contributed by atoms with Crippen LogP contribution in [0.2, 0.25) is 0 Å². The van der Waals surface area contributed by atoms with E-state index in [9.17, 15) is 9.59 Å². The number of aryl methyl sites for hydroxylation is 2. The van der Waals surface area contributed by atoms with Crippen molar-refractivity contribution in [1.29, 1.82) is 0 Å². The van der Waals surface area contributed by atoms with Crippen LogP contribution in [0, 0.1) is 13.8 Å². The maximum Gasteiger partial charge on any atom is 0.255 e. The van der Waals surface area contributed by atoms with Gasteiger partial charge >= 0.3 is 0 Å². The average Bonchev–Trinajstić information content (AvgIpc) is 2.91. The van der Waals surface area contributed by atoms with Gasteiger partial charge in [-0.1, -0.05) is 12.1 Å². The van der Waals surface area contributed by atoms with E-state index in [1.807, 2.05) is 77.9 Å². The van der Waals surface area contributed by atoms with Gasteiger partial charge in [0.2, 0.25) is 0 Å². The highest BCUT2D eigenvalue weighted by Crippen LogP contribution is 2.29. The molecule has 0 aliphatic carbocycles.